The molecule has 0 unspecified atom stereocenters. The monoisotopic (exact) mass is 296 g/mol. The van der Waals surface area contributed by atoms with Crippen LogP contribution in [0.25, 0.3) is 0 Å². The van der Waals surface area contributed by atoms with Gasteiger partial charge >= 0.3 is 0 Å². The van der Waals surface area contributed by atoms with Gasteiger partial charge in [0.1, 0.15) is 4.21 Å². The zero-order valence-electron chi connectivity index (χ0n) is 11.0. The van der Waals surface area contributed by atoms with Gasteiger partial charge in [-0.25, -0.2) is 8.42 Å². The Kier molecular flexibility index (Phi) is 3.56. The molecule has 4 nitrogen and oxygen atoms in total. The highest BCUT2D eigenvalue weighted by Crippen LogP contribution is 2.27. The molecule has 3 N–H and O–H groups in total. The van der Waals surface area contributed by atoms with Gasteiger partial charge < -0.3 is 5.73 Å². The van der Waals surface area contributed by atoms with Gasteiger partial charge in [0.15, 0.2) is 0 Å². The van der Waals surface area contributed by atoms with Gasteiger partial charge in [0, 0.05) is 10.6 Å². The Morgan fingerprint density at radius 3 is 2.37 bits per heavy atom. The smallest absolute Gasteiger partial charge is 0.271 e. The van der Waals surface area contributed by atoms with E-state index in [1.165, 1.54) is 11.3 Å². The summed E-state index contributed by atoms with van der Waals surface area (Å²) in [5, 5.41) is 0. The summed E-state index contributed by atoms with van der Waals surface area (Å²) in [5.74, 6) is 0. The van der Waals surface area contributed by atoms with Gasteiger partial charge in [-0.05, 0) is 56.2 Å². The molecule has 6 heteroatoms. The van der Waals surface area contributed by atoms with Crippen molar-refractivity contribution < 1.29 is 8.42 Å². The standard InChI is InChI=1S/C13H16N2O2S2/c1-8-7-12(9(2)6-11(8)14)15-19(16,17)13-5-4-10(3)18-13/h4-7,15H,14H2,1-3H3. The third kappa shape index (κ3) is 2.90. The maximum atomic E-state index is 12.2. The van der Waals surface area contributed by atoms with Crippen molar-refractivity contribution in [1.82, 2.24) is 0 Å². The van der Waals surface area contributed by atoms with Crippen molar-refractivity contribution in [3.63, 3.8) is 0 Å². The Balaban J connectivity index is 2.38. The Labute approximate surface area is 117 Å². The number of hydrogen-bond acceptors (Lipinski definition) is 4. The van der Waals surface area contributed by atoms with Crippen molar-refractivity contribution >= 4 is 32.7 Å². The minimum absolute atomic E-state index is 0.318. The van der Waals surface area contributed by atoms with Crippen molar-refractivity contribution in [1.29, 1.82) is 0 Å². The van der Waals surface area contributed by atoms with Crippen molar-refractivity contribution in [3.05, 3.63) is 40.3 Å². The molecule has 0 saturated carbocycles. The largest absolute Gasteiger partial charge is 0.399 e. The average molecular weight is 296 g/mol. The molecule has 0 aliphatic rings. The Morgan fingerprint density at radius 2 is 1.79 bits per heavy atom. The molecule has 0 spiro atoms. The first-order chi connectivity index (χ1) is 8.79. The van der Waals surface area contributed by atoms with E-state index in [4.69, 9.17) is 5.73 Å². The minimum atomic E-state index is -3.52. The molecular formula is C13H16N2O2S2. The van der Waals surface area contributed by atoms with E-state index in [0.717, 1.165) is 16.0 Å². The number of sulfonamides is 1. The molecule has 2 aromatic rings. The van der Waals surface area contributed by atoms with E-state index in [-0.39, 0.29) is 0 Å². The van der Waals surface area contributed by atoms with Crippen LogP contribution in [0, 0.1) is 20.8 Å². The predicted octanol–water partition coefficient (Wildman–Crippen LogP) is 3.06. The summed E-state index contributed by atoms with van der Waals surface area (Å²) in [6.07, 6.45) is 0. The summed E-state index contributed by atoms with van der Waals surface area (Å²) >= 11 is 1.25. The highest BCUT2D eigenvalue weighted by atomic mass is 32.2. The van der Waals surface area contributed by atoms with E-state index in [1.807, 2.05) is 20.8 Å². The molecule has 0 atom stereocenters. The first kappa shape index (κ1) is 13.9. The Morgan fingerprint density at radius 1 is 1.11 bits per heavy atom. The molecular weight excluding hydrogens is 280 g/mol. The van der Waals surface area contributed by atoms with Crippen LogP contribution in [0.4, 0.5) is 11.4 Å². The number of rotatable bonds is 3. The lowest BCUT2D eigenvalue weighted by Crippen LogP contribution is -2.12. The highest BCUT2D eigenvalue weighted by Gasteiger charge is 2.17. The number of nitrogens with two attached hydrogens (primary N) is 1. The average Bonchev–Trinajstić information content (AvgIpc) is 2.73. The minimum Gasteiger partial charge on any atom is -0.399 e. The molecule has 102 valence electrons. The molecule has 0 aliphatic heterocycles. The van der Waals surface area contributed by atoms with E-state index in [2.05, 4.69) is 4.72 Å². The highest BCUT2D eigenvalue weighted by molar-refractivity contribution is 7.94. The fourth-order valence-corrected chi connectivity index (χ4v) is 4.10. The summed E-state index contributed by atoms with van der Waals surface area (Å²) < 4.78 is 27.4. The normalized spacial score (nSPS) is 11.5. The van der Waals surface area contributed by atoms with Crippen LogP contribution in [0.5, 0.6) is 0 Å². The third-order valence-corrected chi connectivity index (χ3v) is 5.70. The summed E-state index contributed by atoms with van der Waals surface area (Å²) in [6.45, 7) is 5.55. The van der Waals surface area contributed by atoms with E-state index in [0.29, 0.717) is 15.6 Å². The molecule has 1 heterocycles. The number of aryl methyl sites for hydroxylation is 3. The Bertz CT molecular complexity index is 718. The zero-order valence-corrected chi connectivity index (χ0v) is 12.7. The van der Waals surface area contributed by atoms with E-state index in [9.17, 15) is 8.42 Å². The van der Waals surface area contributed by atoms with Crippen molar-refractivity contribution in [3.8, 4) is 0 Å². The van der Waals surface area contributed by atoms with Gasteiger partial charge in [0.25, 0.3) is 10.0 Å². The summed E-state index contributed by atoms with van der Waals surface area (Å²) in [4.78, 5) is 0.964. The van der Waals surface area contributed by atoms with Crippen molar-refractivity contribution in [2.24, 2.45) is 0 Å². The lowest BCUT2D eigenvalue weighted by atomic mass is 10.1. The second-order valence-electron chi connectivity index (χ2n) is 4.49. The predicted molar refractivity (Wildman–Crippen MR) is 80.2 cm³/mol. The quantitative estimate of drug-likeness (QED) is 0.855. The van der Waals surface area contributed by atoms with E-state index >= 15 is 0 Å². The number of nitrogens with one attached hydrogen (secondary N) is 1. The molecule has 0 saturated heterocycles. The number of anilines is 2. The summed E-state index contributed by atoms with van der Waals surface area (Å²) in [5.41, 5.74) is 8.68. The van der Waals surface area contributed by atoms with Crippen LogP contribution >= 0.6 is 11.3 Å². The maximum absolute atomic E-state index is 12.2. The molecule has 19 heavy (non-hydrogen) atoms. The lowest BCUT2D eigenvalue weighted by Gasteiger charge is -2.11. The molecule has 0 radical (unpaired) electrons. The van der Waals surface area contributed by atoms with Crippen LogP contribution < -0.4 is 10.5 Å². The van der Waals surface area contributed by atoms with Crippen LogP contribution in [0.1, 0.15) is 16.0 Å². The van der Waals surface area contributed by atoms with Crippen molar-refractivity contribution in [2.75, 3.05) is 10.5 Å². The van der Waals surface area contributed by atoms with Crippen molar-refractivity contribution in [2.45, 2.75) is 25.0 Å². The molecule has 0 aliphatic carbocycles. The summed E-state index contributed by atoms with van der Waals surface area (Å²) in [7, 11) is -3.52. The number of hydrogen-bond donors (Lipinski definition) is 2. The molecule has 0 fully saturated rings. The van der Waals surface area contributed by atoms with Crippen LogP contribution in [0.3, 0.4) is 0 Å². The van der Waals surface area contributed by atoms with Crippen LogP contribution in [0.2, 0.25) is 0 Å². The summed E-state index contributed by atoms with van der Waals surface area (Å²) in [6, 6.07) is 6.93. The van der Waals surface area contributed by atoms with E-state index < -0.39 is 10.0 Å². The fourth-order valence-electron chi connectivity index (χ4n) is 1.70. The van der Waals surface area contributed by atoms with Gasteiger partial charge in [0.05, 0.1) is 5.69 Å². The maximum Gasteiger partial charge on any atom is 0.271 e. The van der Waals surface area contributed by atoms with Crippen LogP contribution in [-0.2, 0) is 10.0 Å². The van der Waals surface area contributed by atoms with Crippen LogP contribution in [0.15, 0.2) is 28.5 Å². The lowest BCUT2D eigenvalue weighted by molar-refractivity contribution is 0.603. The third-order valence-electron chi connectivity index (χ3n) is 2.84. The Hall–Kier alpha value is -1.53. The van der Waals surface area contributed by atoms with Gasteiger partial charge in [-0.15, -0.1) is 11.3 Å². The van der Waals surface area contributed by atoms with Gasteiger partial charge in [-0.3, -0.25) is 4.72 Å². The molecule has 2 rings (SSSR count). The topological polar surface area (TPSA) is 72.2 Å². The van der Waals surface area contributed by atoms with E-state index in [1.54, 1.807) is 24.3 Å². The second kappa shape index (κ2) is 4.86. The fraction of sp³-hybridized carbons (Fsp3) is 0.231. The molecule has 1 aromatic heterocycles. The SMILES string of the molecule is Cc1ccc(S(=O)(=O)Nc2cc(C)c(N)cc2C)s1. The van der Waals surface area contributed by atoms with Gasteiger partial charge in [-0.1, -0.05) is 0 Å². The zero-order chi connectivity index (χ0) is 14.2. The van der Waals surface area contributed by atoms with Gasteiger partial charge in [-0.2, -0.15) is 0 Å². The molecule has 0 bridgehead atoms. The first-order valence-corrected chi connectivity index (χ1v) is 8.05. The number of benzene rings is 1. The van der Waals surface area contributed by atoms with Crippen LogP contribution in [-0.4, -0.2) is 8.42 Å². The second-order valence-corrected chi connectivity index (χ2v) is 7.69. The molecule has 0 amide bonds. The van der Waals surface area contributed by atoms with Gasteiger partial charge in [0.2, 0.25) is 0 Å². The molecule has 1 aromatic carbocycles. The number of thiophene rings is 1. The first-order valence-electron chi connectivity index (χ1n) is 5.75. The number of nitrogen functional groups attached to an aromatic ring is 1.